The molecule has 0 aromatic heterocycles. The van der Waals surface area contributed by atoms with Crippen molar-refractivity contribution < 1.29 is 9.59 Å². The summed E-state index contributed by atoms with van der Waals surface area (Å²) in [6.07, 6.45) is 7.16. The number of nitrogens with zero attached hydrogens (tertiary/aromatic N) is 1. The SMILES string of the molecule is CCCCCCCC(=O)c1ccc(N(C)C=O)cc1. The van der Waals surface area contributed by atoms with Gasteiger partial charge in [0.25, 0.3) is 0 Å². The number of hydrogen-bond donors (Lipinski definition) is 0. The molecule has 1 aromatic rings. The van der Waals surface area contributed by atoms with Crippen LogP contribution < -0.4 is 4.90 Å². The number of benzene rings is 1. The van der Waals surface area contributed by atoms with Crippen LogP contribution in [0, 0.1) is 0 Å². The van der Waals surface area contributed by atoms with Gasteiger partial charge in [-0.3, -0.25) is 9.59 Å². The molecular weight excluding hydrogens is 238 g/mol. The maximum Gasteiger partial charge on any atom is 0.213 e. The van der Waals surface area contributed by atoms with Crippen molar-refractivity contribution in [2.45, 2.75) is 45.4 Å². The van der Waals surface area contributed by atoms with E-state index in [0.717, 1.165) is 30.5 Å². The van der Waals surface area contributed by atoms with Crippen molar-refractivity contribution in [3.05, 3.63) is 29.8 Å². The quantitative estimate of drug-likeness (QED) is 0.385. The standard InChI is InChI=1S/C16H23NO2/c1-3-4-5-6-7-8-16(19)14-9-11-15(12-10-14)17(2)13-18/h9-13H,3-8H2,1-2H3. The lowest BCUT2D eigenvalue weighted by atomic mass is 10.0. The number of ketones is 1. The van der Waals surface area contributed by atoms with Crippen LogP contribution in [0.3, 0.4) is 0 Å². The summed E-state index contributed by atoms with van der Waals surface area (Å²) in [7, 11) is 1.69. The van der Waals surface area contributed by atoms with Crippen molar-refractivity contribution in [3.63, 3.8) is 0 Å². The van der Waals surface area contributed by atoms with Crippen LogP contribution in [-0.2, 0) is 4.79 Å². The zero-order chi connectivity index (χ0) is 14.1. The molecule has 0 saturated carbocycles. The summed E-state index contributed by atoms with van der Waals surface area (Å²) in [6.45, 7) is 2.18. The molecular formula is C16H23NO2. The van der Waals surface area contributed by atoms with Crippen LogP contribution >= 0.6 is 0 Å². The van der Waals surface area contributed by atoms with Crippen LogP contribution in [-0.4, -0.2) is 19.2 Å². The van der Waals surface area contributed by atoms with Gasteiger partial charge in [-0.1, -0.05) is 32.6 Å². The third kappa shape index (κ3) is 5.25. The van der Waals surface area contributed by atoms with Gasteiger partial charge in [0.15, 0.2) is 5.78 Å². The third-order valence-electron chi connectivity index (χ3n) is 3.26. The molecule has 0 radical (unpaired) electrons. The van der Waals surface area contributed by atoms with Crippen LogP contribution in [0.2, 0.25) is 0 Å². The van der Waals surface area contributed by atoms with E-state index in [-0.39, 0.29) is 5.78 Å². The summed E-state index contributed by atoms with van der Waals surface area (Å²) in [5, 5.41) is 0. The lowest BCUT2D eigenvalue weighted by Crippen LogP contribution is -2.13. The molecule has 0 aliphatic carbocycles. The lowest BCUT2D eigenvalue weighted by molar-refractivity contribution is -0.107. The van der Waals surface area contributed by atoms with Crippen LogP contribution in [0.1, 0.15) is 55.8 Å². The van der Waals surface area contributed by atoms with Crippen molar-refractivity contribution in [2.24, 2.45) is 0 Å². The molecule has 3 nitrogen and oxygen atoms in total. The van der Waals surface area contributed by atoms with Crippen LogP contribution in [0.15, 0.2) is 24.3 Å². The van der Waals surface area contributed by atoms with Gasteiger partial charge in [0.05, 0.1) is 0 Å². The molecule has 0 bridgehead atoms. The first kappa shape index (κ1) is 15.4. The highest BCUT2D eigenvalue weighted by atomic mass is 16.1. The fourth-order valence-corrected chi connectivity index (χ4v) is 1.98. The van der Waals surface area contributed by atoms with Gasteiger partial charge in [-0.15, -0.1) is 0 Å². The Morgan fingerprint density at radius 2 is 1.74 bits per heavy atom. The summed E-state index contributed by atoms with van der Waals surface area (Å²) >= 11 is 0. The van der Waals surface area contributed by atoms with E-state index < -0.39 is 0 Å². The second-order valence-electron chi connectivity index (χ2n) is 4.85. The largest absolute Gasteiger partial charge is 0.318 e. The average molecular weight is 261 g/mol. The summed E-state index contributed by atoms with van der Waals surface area (Å²) in [4.78, 5) is 24.0. The number of amides is 1. The predicted molar refractivity (Wildman–Crippen MR) is 78.6 cm³/mol. The van der Waals surface area contributed by atoms with Gasteiger partial charge in [-0.25, -0.2) is 0 Å². The molecule has 19 heavy (non-hydrogen) atoms. The molecule has 1 aromatic carbocycles. The predicted octanol–water partition coefficient (Wildman–Crippen LogP) is 3.82. The highest BCUT2D eigenvalue weighted by molar-refractivity contribution is 5.96. The highest BCUT2D eigenvalue weighted by Gasteiger charge is 2.06. The van der Waals surface area contributed by atoms with Crippen LogP contribution in [0.5, 0.6) is 0 Å². The van der Waals surface area contributed by atoms with Crippen LogP contribution in [0.4, 0.5) is 5.69 Å². The van der Waals surface area contributed by atoms with E-state index in [1.165, 1.54) is 24.2 Å². The molecule has 0 saturated heterocycles. The molecule has 3 heteroatoms. The molecule has 0 unspecified atom stereocenters. The van der Waals surface area contributed by atoms with E-state index in [1.807, 2.05) is 0 Å². The second-order valence-corrected chi connectivity index (χ2v) is 4.85. The van der Waals surface area contributed by atoms with E-state index in [0.29, 0.717) is 6.42 Å². The smallest absolute Gasteiger partial charge is 0.213 e. The molecule has 0 fully saturated rings. The lowest BCUT2D eigenvalue weighted by Gasteiger charge is -2.10. The Labute approximate surface area is 115 Å². The number of rotatable bonds is 9. The zero-order valence-electron chi connectivity index (χ0n) is 11.9. The topological polar surface area (TPSA) is 37.4 Å². The second kappa shape index (κ2) is 8.46. The minimum Gasteiger partial charge on any atom is -0.318 e. The van der Waals surface area contributed by atoms with E-state index in [2.05, 4.69) is 6.92 Å². The summed E-state index contributed by atoms with van der Waals surface area (Å²) < 4.78 is 0. The number of anilines is 1. The molecule has 0 heterocycles. The van der Waals surface area contributed by atoms with E-state index >= 15 is 0 Å². The van der Waals surface area contributed by atoms with Gasteiger partial charge in [-0.2, -0.15) is 0 Å². The summed E-state index contributed by atoms with van der Waals surface area (Å²) in [5.41, 5.74) is 1.54. The first-order chi connectivity index (χ1) is 9.19. The summed E-state index contributed by atoms with van der Waals surface area (Å²) in [6, 6.07) is 7.20. The van der Waals surface area contributed by atoms with E-state index in [9.17, 15) is 9.59 Å². The Balaban J connectivity index is 2.42. The van der Waals surface area contributed by atoms with Crippen molar-refractivity contribution in [3.8, 4) is 0 Å². The molecule has 1 rings (SSSR count). The Hall–Kier alpha value is -1.64. The van der Waals surface area contributed by atoms with E-state index in [4.69, 9.17) is 0 Å². The molecule has 0 atom stereocenters. The maximum atomic E-state index is 11.9. The average Bonchev–Trinajstić information content (AvgIpc) is 2.46. The molecule has 1 amide bonds. The number of carbonyl (C=O) groups is 2. The highest BCUT2D eigenvalue weighted by Crippen LogP contribution is 2.15. The number of Topliss-reactive ketones (excluding diaryl/α,β-unsaturated/α-hetero) is 1. The van der Waals surface area contributed by atoms with Gasteiger partial charge in [0.1, 0.15) is 0 Å². The van der Waals surface area contributed by atoms with Crippen LogP contribution in [0.25, 0.3) is 0 Å². The van der Waals surface area contributed by atoms with Gasteiger partial charge >= 0.3 is 0 Å². The fourth-order valence-electron chi connectivity index (χ4n) is 1.98. The van der Waals surface area contributed by atoms with Crippen molar-refractivity contribution >= 4 is 17.9 Å². The van der Waals surface area contributed by atoms with E-state index in [1.54, 1.807) is 31.3 Å². The molecule has 0 aliphatic heterocycles. The van der Waals surface area contributed by atoms with Crippen molar-refractivity contribution in [1.82, 2.24) is 0 Å². The van der Waals surface area contributed by atoms with Gasteiger partial charge in [0, 0.05) is 24.7 Å². The van der Waals surface area contributed by atoms with Gasteiger partial charge < -0.3 is 4.90 Å². The normalized spacial score (nSPS) is 10.2. The van der Waals surface area contributed by atoms with Gasteiger partial charge in [-0.05, 0) is 30.7 Å². The Bertz CT molecular complexity index is 398. The monoisotopic (exact) mass is 261 g/mol. The fraction of sp³-hybridized carbons (Fsp3) is 0.500. The molecule has 0 spiro atoms. The molecule has 0 N–H and O–H groups in total. The van der Waals surface area contributed by atoms with Crippen molar-refractivity contribution in [2.75, 3.05) is 11.9 Å². The third-order valence-corrected chi connectivity index (χ3v) is 3.26. The number of unbranched alkanes of at least 4 members (excludes halogenated alkanes) is 4. The minimum atomic E-state index is 0.191. The first-order valence-corrected chi connectivity index (χ1v) is 7.00. The maximum absolute atomic E-state index is 11.9. The number of carbonyl (C=O) groups excluding carboxylic acids is 2. The Morgan fingerprint density at radius 3 is 2.32 bits per heavy atom. The Kier molecular flexibility index (Phi) is 6.86. The van der Waals surface area contributed by atoms with Crippen molar-refractivity contribution in [1.29, 1.82) is 0 Å². The number of hydrogen-bond acceptors (Lipinski definition) is 2. The summed E-state index contributed by atoms with van der Waals surface area (Å²) in [5.74, 6) is 0.191. The molecule has 0 aliphatic rings. The van der Waals surface area contributed by atoms with Gasteiger partial charge in [0.2, 0.25) is 6.41 Å². The Morgan fingerprint density at radius 1 is 1.11 bits per heavy atom. The first-order valence-electron chi connectivity index (χ1n) is 7.00. The minimum absolute atomic E-state index is 0.191. The molecule has 104 valence electrons. The zero-order valence-corrected chi connectivity index (χ0v) is 11.9.